The molecule has 78 valence electrons. The highest BCUT2D eigenvalue weighted by atomic mass is 16.5. The topological polar surface area (TPSA) is 55.6 Å². The maximum Gasteiger partial charge on any atom is 0.256 e. The zero-order valence-corrected chi connectivity index (χ0v) is 8.22. The number of anilines is 2. The van der Waals surface area contributed by atoms with E-state index in [0.717, 1.165) is 12.1 Å². The average molecular weight is 204 g/mol. The monoisotopic (exact) mass is 204 g/mol. The molecule has 2 bridgehead atoms. The molecule has 3 fully saturated rings. The first-order chi connectivity index (χ1) is 7.24. The zero-order valence-electron chi connectivity index (χ0n) is 8.22. The molecule has 1 amide bonds. The predicted molar refractivity (Wildman–Crippen MR) is 56.5 cm³/mol. The smallest absolute Gasteiger partial charge is 0.256 e. The molecular weight excluding hydrogens is 192 g/mol. The second kappa shape index (κ2) is 2.97. The first-order valence-electron chi connectivity index (χ1n) is 5.06. The minimum Gasteiger partial charge on any atom is -0.399 e. The highest BCUT2D eigenvalue weighted by molar-refractivity contribution is 5.98. The number of hydrogen-bond acceptors (Lipinski definition) is 3. The summed E-state index contributed by atoms with van der Waals surface area (Å²) in [6.07, 6.45) is 0.872. The number of carbonyl (C=O) groups is 1. The Labute approximate surface area is 87.6 Å². The summed E-state index contributed by atoms with van der Waals surface area (Å²) in [5.41, 5.74) is 7.24. The van der Waals surface area contributed by atoms with Gasteiger partial charge in [-0.25, -0.2) is 0 Å². The molecule has 0 aromatic heterocycles. The van der Waals surface area contributed by atoms with Gasteiger partial charge in [0, 0.05) is 17.8 Å². The van der Waals surface area contributed by atoms with Crippen LogP contribution in [-0.4, -0.2) is 24.7 Å². The van der Waals surface area contributed by atoms with Crippen molar-refractivity contribution in [2.24, 2.45) is 0 Å². The van der Waals surface area contributed by atoms with Gasteiger partial charge in [-0.3, -0.25) is 4.79 Å². The molecule has 0 saturated carbocycles. The number of nitrogens with two attached hydrogens (primary N) is 1. The summed E-state index contributed by atoms with van der Waals surface area (Å²) in [7, 11) is 0. The first-order valence-corrected chi connectivity index (χ1v) is 5.06. The zero-order chi connectivity index (χ0) is 10.4. The van der Waals surface area contributed by atoms with Gasteiger partial charge in [0.1, 0.15) is 6.10 Å². The van der Waals surface area contributed by atoms with Crippen molar-refractivity contribution >= 4 is 17.3 Å². The number of hydrogen-bond donors (Lipinski definition) is 1. The minimum absolute atomic E-state index is 0.0584. The second-order valence-electron chi connectivity index (χ2n) is 4.03. The van der Waals surface area contributed by atoms with E-state index < -0.39 is 0 Å². The Hall–Kier alpha value is -1.55. The van der Waals surface area contributed by atoms with E-state index in [0.29, 0.717) is 12.2 Å². The number of piperidine rings is 1. The van der Waals surface area contributed by atoms with E-state index in [-0.39, 0.29) is 18.1 Å². The second-order valence-corrected chi connectivity index (χ2v) is 4.03. The van der Waals surface area contributed by atoms with E-state index in [1.807, 2.05) is 24.3 Å². The molecule has 0 radical (unpaired) electrons. The number of rotatable bonds is 1. The standard InChI is InChI=1S/C11H12N2O2/c12-7-2-1-3-8(4-7)13-6-9-5-10(15-9)11(13)14/h1-4,9-10H,5-6,12H2. The van der Waals surface area contributed by atoms with Gasteiger partial charge in [-0.1, -0.05) is 6.07 Å². The van der Waals surface area contributed by atoms with Crippen LogP contribution in [0.5, 0.6) is 0 Å². The summed E-state index contributed by atoms with van der Waals surface area (Å²) in [5, 5.41) is 0. The Kier molecular flexibility index (Phi) is 1.73. The number of morpholine rings is 1. The fourth-order valence-electron chi connectivity index (χ4n) is 2.13. The lowest BCUT2D eigenvalue weighted by Gasteiger charge is -2.45. The number of carbonyl (C=O) groups excluding carboxylic acids is 1. The summed E-state index contributed by atoms with van der Waals surface area (Å²) in [6, 6.07) is 7.40. The molecule has 3 aliphatic rings. The molecule has 0 aliphatic carbocycles. The Balaban J connectivity index is 1.91. The van der Waals surface area contributed by atoms with Crippen molar-refractivity contribution in [2.75, 3.05) is 17.2 Å². The molecule has 3 saturated heterocycles. The summed E-state index contributed by atoms with van der Waals surface area (Å²) in [5.74, 6) is 0.0584. The number of amides is 1. The molecule has 4 rings (SSSR count). The molecule has 1 aromatic rings. The summed E-state index contributed by atoms with van der Waals surface area (Å²) in [4.78, 5) is 13.6. The van der Waals surface area contributed by atoms with Crippen molar-refractivity contribution in [3.05, 3.63) is 24.3 Å². The molecule has 3 aliphatic heterocycles. The van der Waals surface area contributed by atoms with Gasteiger partial charge in [-0.05, 0) is 18.2 Å². The molecular formula is C11H12N2O2. The third-order valence-corrected chi connectivity index (χ3v) is 2.94. The number of nitrogen functional groups attached to an aromatic ring is 1. The molecule has 15 heavy (non-hydrogen) atoms. The molecule has 2 atom stereocenters. The van der Waals surface area contributed by atoms with E-state index in [1.165, 1.54) is 0 Å². The van der Waals surface area contributed by atoms with Gasteiger partial charge in [0.25, 0.3) is 5.91 Å². The van der Waals surface area contributed by atoms with Crippen LogP contribution in [0.2, 0.25) is 0 Å². The van der Waals surface area contributed by atoms with Crippen molar-refractivity contribution in [3.8, 4) is 0 Å². The van der Waals surface area contributed by atoms with Crippen LogP contribution in [-0.2, 0) is 9.53 Å². The highest BCUT2D eigenvalue weighted by Gasteiger charge is 2.45. The Morgan fingerprint density at radius 1 is 1.47 bits per heavy atom. The highest BCUT2D eigenvalue weighted by Crippen LogP contribution is 2.32. The maximum absolute atomic E-state index is 11.8. The van der Waals surface area contributed by atoms with E-state index in [9.17, 15) is 4.79 Å². The third-order valence-electron chi connectivity index (χ3n) is 2.94. The van der Waals surface area contributed by atoms with Crippen molar-refractivity contribution in [1.29, 1.82) is 0 Å². The van der Waals surface area contributed by atoms with Crippen LogP contribution in [0, 0.1) is 0 Å². The van der Waals surface area contributed by atoms with Crippen molar-refractivity contribution in [2.45, 2.75) is 18.6 Å². The quantitative estimate of drug-likeness (QED) is 0.687. The van der Waals surface area contributed by atoms with Gasteiger partial charge in [0.05, 0.1) is 12.6 Å². The van der Waals surface area contributed by atoms with Crippen LogP contribution in [0.1, 0.15) is 6.42 Å². The summed E-state index contributed by atoms with van der Waals surface area (Å²) in [6.45, 7) is 0.652. The van der Waals surface area contributed by atoms with Gasteiger partial charge in [-0.15, -0.1) is 0 Å². The van der Waals surface area contributed by atoms with Crippen LogP contribution < -0.4 is 10.6 Å². The lowest BCUT2D eigenvalue weighted by Crippen LogP contribution is -2.61. The lowest BCUT2D eigenvalue weighted by atomic mass is 9.97. The first kappa shape index (κ1) is 8.73. The molecule has 4 heteroatoms. The molecule has 2 N–H and O–H groups in total. The third kappa shape index (κ3) is 1.29. The maximum atomic E-state index is 11.8. The molecule has 0 spiro atoms. The van der Waals surface area contributed by atoms with Gasteiger partial charge in [-0.2, -0.15) is 0 Å². The van der Waals surface area contributed by atoms with Crippen molar-refractivity contribution in [3.63, 3.8) is 0 Å². The number of ether oxygens (including phenoxy) is 1. The fraction of sp³-hybridized carbons (Fsp3) is 0.364. The molecule has 3 heterocycles. The minimum atomic E-state index is -0.217. The normalized spacial score (nSPS) is 28.8. The van der Waals surface area contributed by atoms with E-state index in [2.05, 4.69) is 0 Å². The average Bonchev–Trinajstić information content (AvgIpc) is 2.16. The number of nitrogens with zero attached hydrogens (tertiary/aromatic N) is 1. The predicted octanol–water partition coefficient (Wildman–Crippen LogP) is 0.773. The molecule has 4 nitrogen and oxygen atoms in total. The molecule has 2 unspecified atom stereocenters. The van der Waals surface area contributed by atoms with E-state index in [1.54, 1.807) is 4.90 Å². The van der Waals surface area contributed by atoms with Crippen molar-refractivity contribution < 1.29 is 9.53 Å². The van der Waals surface area contributed by atoms with Crippen molar-refractivity contribution in [1.82, 2.24) is 0 Å². The van der Waals surface area contributed by atoms with Gasteiger partial charge in [0.2, 0.25) is 0 Å². The van der Waals surface area contributed by atoms with Crippen LogP contribution in [0.4, 0.5) is 11.4 Å². The van der Waals surface area contributed by atoms with E-state index in [4.69, 9.17) is 10.5 Å². The lowest BCUT2D eigenvalue weighted by molar-refractivity contribution is -0.169. The summed E-state index contributed by atoms with van der Waals surface area (Å²) < 4.78 is 5.35. The largest absolute Gasteiger partial charge is 0.399 e. The molecule has 1 aromatic carbocycles. The van der Waals surface area contributed by atoms with Crippen LogP contribution in [0.15, 0.2) is 24.3 Å². The Morgan fingerprint density at radius 2 is 2.27 bits per heavy atom. The van der Waals surface area contributed by atoms with E-state index >= 15 is 0 Å². The van der Waals surface area contributed by atoms with Gasteiger partial charge in [0.15, 0.2) is 0 Å². The Morgan fingerprint density at radius 3 is 2.93 bits per heavy atom. The number of fused-ring (bicyclic) bond motifs is 2. The van der Waals surface area contributed by atoms with Gasteiger partial charge >= 0.3 is 0 Å². The van der Waals surface area contributed by atoms with Gasteiger partial charge < -0.3 is 15.4 Å². The number of benzene rings is 1. The Bertz CT molecular complexity index is 413. The summed E-state index contributed by atoms with van der Waals surface area (Å²) >= 11 is 0. The SMILES string of the molecule is Nc1cccc(N2CC3CC(O3)C2=O)c1. The van der Waals surface area contributed by atoms with Crippen LogP contribution >= 0.6 is 0 Å². The van der Waals surface area contributed by atoms with Crippen LogP contribution in [0.25, 0.3) is 0 Å². The van der Waals surface area contributed by atoms with Crippen LogP contribution in [0.3, 0.4) is 0 Å². The fourth-order valence-corrected chi connectivity index (χ4v) is 2.13.